The number of hydrogen-bond acceptors (Lipinski definition) is 4. The van der Waals surface area contributed by atoms with E-state index in [-0.39, 0.29) is 6.10 Å². The van der Waals surface area contributed by atoms with Crippen LogP contribution in [0.3, 0.4) is 0 Å². The van der Waals surface area contributed by atoms with Crippen molar-refractivity contribution in [3.8, 4) is 11.3 Å². The molecule has 1 aromatic carbocycles. The van der Waals surface area contributed by atoms with Gasteiger partial charge in [-0.15, -0.1) is 11.6 Å². The van der Waals surface area contributed by atoms with Gasteiger partial charge >= 0.3 is 6.09 Å². The number of amides is 1. The van der Waals surface area contributed by atoms with Crippen molar-refractivity contribution in [3.63, 3.8) is 0 Å². The summed E-state index contributed by atoms with van der Waals surface area (Å²) in [7, 11) is 0. The first kappa shape index (κ1) is 19.8. The first-order chi connectivity index (χ1) is 13.1. The van der Waals surface area contributed by atoms with Gasteiger partial charge in [0.1, 0.15) is 23.7 Å². The van der Waals surface area contributed by atoms with E-state index in [0.717, 1.165) is 53.8 Å². The van der Waals surface area contributed by atoms with Crippen molar-refractivity contribution in [3.05, 3.63) is 46.7 Å². The van der Waals surface area contributed by atoms with E-state index in [1.54, 1.807) is 0 Å². The summed E-state index contributed by atoms with van der Waals surface area (Å²) in [5.41, 5.74) is 3.98. The second kappa shape index (κ2) is 9.29. The summed E-state index contributed by atoms with van der Waals surface area (Å²) in [5, 5.41) is 7.51. The third-order valence-corrected chi connectivity index (χ3v) is 5.25. The number of ether oxygens (including phenoxy) is 1. The van der Waals surface area contributed by atoms with Crippen molar-refractivity contribution in [2.24, 2.45) is 0 Å². The smallest absolute Gasteiger partial charge is 0.412 e. The monoisotopic (exact) mass is 408 g/mol. The van der Waals surface area contributed by atoms with E-state index in [1.165, 1.54) is 6.26 Å². The third-order valence-electron chi connectivity index (χ3n) is 4.63. The molecule has 0 saturated carbocycles. The van der Waals surface area contributed by atoms with Crippen LogP contribution in [-0.2, 0) is 11.2 Å². The summed E-state index contributed by atoms with van der Waals surface area (Å²) in [4.78, 5) is 12.3. The minimum atomic E-state index is -0.562. The number of aromatic nitrogens is 1. The number of benzene rings is 1. The van der Waals surface area contributed by atoms with E-state index in [4.69, 9.17) is 32.5 Å². The van der Waals surface area contributed by atoms with Crippen LogP contribution in [0.2, 0.25) is 0 Å². The van der Waals surface area contributed by atoms with Gasteiger partial charge < -0.3 is 9.26 Å². The van der Waals surface area contributed by atoms with Crippen molar-refractivity contribution in [2.45, 2.75) is 45.1 Å². The zero-order valence-electron chi connectivity index (χ0n) is 15.1. The molecule has 1 aliphatic carbocycles. The zero-order valence-corrected chi connectivity index (χ0v) is 16.6. The molecular weight excluding hydrogens is 387 g/mol. The fraction of sp³-hybridized carbons (Fsp3) is 0.400. The van der Waals surface area contributed by atoms with E-state index >= 15 is 0 Å². The molecule has 0 fully saturated rings. The Balaban J connectivity index is 1.66. The maximum absolute atomic E-state index is 12.3. The summed E-state index contributed by atoms with van der Waals surface area (Å²) in [5.74, 6) is 0.570. The Hall–Kier alpha value is -1.98. The van der Waals surface area contributed by atoms with E-state index in [1.807, 2.05) is 31.2 Å². The molecule has 1 N–H and O–H groups in total. The lowest BCUT2D eigenvalue weighted by atomic mass is 9.96. The average molecular weight is 409 g/mol. The molecule has 0 radical (unpaired) electrons. The lowest BCUT2D eigenvalue weighted by Crippen LogP contribution is -2.23. The highest BCUT2D eigenvalue weighted by Gasteiger charge is 2.21. The van der Waals surface area contributed by atoms with Crippen LogP contribution in [0.5, 0.6) is 0 Å². The van der Waals surface area contributed by atoms with Crippen LogP contribution in [0, 0.1) is 0 Å². The van der Waals surface area contributed by atoms with Gasteiger partial charge in [0.25, 0.3) is 0 Å². The molecule has 1 atom stereocenters. The Morgan fingerprint density at radius 3 is 2.74 bits per heavy atom. The first-order valence-corrected chi connectivity index (χ1v) is 9.94. The molecule has 3 rings (SSSR count). The molecule has 1 unspecified atom stereocenters. The molecule has 0 spiro atoms. The highest BCUT2D eigenvalue weighted by molar-refractivity contribution is 6.30. The number of halogens is 2. The Kier molecular flexibility index (Phi) is 6.80. The molecule has 7 heteroatoms. The normalized spacial score (nSPS) is 15.5. The average Bonchev–Trinajstić information content (AvgIpc) is 3.11. The molecule has 0 aliphatic heterocycles. The number of rotatable bonds is 6. The van der Waals surface area contributed by atoms with Gasteiger partial charge in [-0.3, -0.25) is 5.32 Å². The summed E-state index contributed by atoms with van der Waals surface area (Å²) in [6, 6.07) is 7.80. The second-order valence-corrected chi connectivity index (χ2v) is 7.36. The Morgan fingerprint density at radius 1 is 1.30 bits per heavy atom. The van der Waals surface area contributed by atoms with Crippen LogP contribution in [-0.4, -0.2) is 23.2 Å². The van der Waals surface area contributed by atoms with E-state index in [0.29, 0.717) is 17.3 Å². The van der Waals surface area contributed by atoms with Crippen LogP contribution < -0.4 is 5.32 Å². The van der Waals surface area contributed by atoms with Crippen molar-refractivity contribution in [2.75, 3.05) is 11.2 Å². The SMILES string of the molecule is CC(OC(=O)Nc1conc1-c1ccc(CCCl)cc1)C1=C(Cl)CCCC1. The highest BCUT2D eigenvalue weighted by Crippen LogP contribution is 2.31. The lowest BCUT2D eigenvalue weighted by molar-refractivity contribution is 0.134. The van der Waals surface area contributed by atoms with Gasteiger partial charge in [-0.2, -0.15) is 0 Å². The van der Waals surface area contributed by atoms with Crippen LogP contribution in [0.1, 0.15) is 38.2 Å². The summed E-state index contributed by atoms with van der Waals surface area (Å²) in [6.45, 7) is 1.84. The minimum absolute atomic E-state index is 0.365. The minimum Gasteiger partial charge on any atom is -0.442 e. The van der Waals surface area contributed by atoms with Gasteiger partial charge in [-0.25, -0.2) is 4.79 Å². The van der Waals surface area contributed by atoms with E-state index < -0.39 is 6.09 Å². The molecule has 1 aliphatic rings. The Morgan fingerprint density at radius 2 is 2.04 bits per heavy atom. The largest absolute Gasteiger partial charge is 0.442 e. The van der Waals surface area contributed by atoms with Gasteiger partial charge in [0.15, 0.2) is 0 Å². The quantitative estimate of drug-likeness (QED) is 0.583. The van der Waals surface area contributed by atoms with Gasteiger partial charge in [0.05, 0.1) is 0 Å². The zero-order chi connectivity index (χ0) is 19.2. The number of aryl methyl sites for hydroxylation is 1. The van der Waals surface area contributed by atoms with Gasteiger partial charge in [-0.1, -0.05) is 41.0 Å². The molecule has 27 heavy (non-hydrogen) atoms. The summed E-state index contributed by atoms with van der Waals surface area (Å²) < 4.78 is 10.5. The molecular formula is C20H22Cl2N2O3. The van der Waals surface area contributed by atoms with Crippen molar-refractivity contribution < 1.29 is 14.1 Å². The van der Waals surface area contributed by atoms with E-state index in [2.05, 4.69) is 10.5 Å². The number of hydrogen-bond donors (Lipinski definition) is 1. The Bertz CT molecular complexity index is 815. The van der Waals surface area contributed by atoms with Gasteiger partial charge in [0.2, 0.25) is 0 Å². The van der Waals surface area contributed by atoms with Crippen LogP contribution in [0.4, 0.5) is 10.5 Å². The van der Waals surface area contributed by atoms with Crippen molar-refractivity contribution in [1.82, 2.24) is 5.16 Å². The predicted octanol–water partition coefficient (Wildman–Crippen LogP) is 6.13. The number of anilines is 1. The summed E-state index contributed by atoms with van der Waals surface area (Å²) >= 11 is 12.0. The van der Waals surface area contributed by atoms with E-state index in [9.17, 15) is 4.79 Å². The predicted molar refractivity (Wildman–Crippen MR) is 107 cm³/mol. The fourth-order valence-corrected chi connectivity index (χ4v) is 3.76. The van der Waals surface area contributed by atoms with Crippen molar-refractivity contribution >= 4 is 35.0 Å². The molecule has 1 heterocycles. The number of nitrogens with zero attached hydrogens (tertiary/aromatic N) is 1. The Labute approximate surface area is 168 Å². The molecule has 144 valence electrons. The third kappa shape index (κ3) is 5.05. The number of alkyl halides is 1. The number of nitrogens with one attached hydrogen (secondary N) is 1. The van der Waals surface area contributed by atoms with Crippen LogP contribution in [0.15, 0.2) is 45.7 Å². The fourth-order valence-electron chi connectivity index (χ4n) is 3.16. The molecule has 1 amide bonds. The second-order valence-electron chi connectivity index (χ2n) is 6.52. The lowest BCUT2D eigenvalue weighted by Gasteiger charge is -2.22. The number of carbonyl (C=O) groups is 1. The van der Waals surface area contributed by atoms with Crippen LogP contribution >= 0.6 is 23.2 Å². The number of carbonyl (C=O) groups excluding carboxylic acids is 1. The number of allylic oxidation sites excluding steroid dienone is 1. The topological polar surface area (TPSA) is 64.4 Å². The first-order valence-electron chi connectivity index (χ1n) is 9.03. The molecule has 5 nitrogen and oxygen atoms in total. The van der Waals surface area contributed by atoms with Crippen LogP contribution in [0.25, 0.3) is 11.3 Å². The standard InChI is InChI=1S/C20H22Cl2N2O3/c1-13(16-4-2-3-5-17(16)22)27-20(25)23-18-12-26-24-19(18)15-8-6-14(7-9-15)10-11-21/h6-9,12-13H,2-5,10-11H2,1H3,(H,23,25). The van der Waals surface area contributed by atoms with Gasteiger partial charge in [0, 0.05) is 16.5 Å². The van der Waals surface area contributed by atoms with Gasteiger partial charge in [-0.05, 0) is 50.2 Å². The highest BCUT2D eigenvalue weighted by atomic mass is 35.5. The maximum Gasteiger partial charge on any atom is 0.412 e. The molecule has 0 bridgehead atoms. The molecule has 2 aromatic rings. The molecule has 1 aromatic heterocycles. The maximum atomic E-state index is 12.3. The summed E-state index contributed by atoms with van der Waals surface area (Å²) in [6.07, 6.45) is 5.12. The molecule has 0 saturated heterocycles. The van der Waals surface area contributed by atoms with Crippen molar-refractivity contribution in [1.29, 1.82) is 0 Å².